The molecule has 31 heavy (non-hydrogen) atoms. The van der Waals surface area contributed by atoms with E-state index in [0.717, 1.165) is 30.1 Å². The van der Waals surface area contributed by atoms with Gasteiger partial charge >= 0.3 is 0 Å². The van der Waals surface area contributed by atoms with Crippen LogP contribution in [0.2, 0.25) is 0 Å². The van der Waals surface area contributed by atoms with Gasteiger partial charge in [-0.3, -0.25) is 9.69 Å². The van der Waals surface area contributed by atoms with Gasteiger partial charge in [-0.25, -0.2) is 4.98 Å². The predicted molar refractivity (Wildman–Crippen MR) is 122 cm³/mol. The Morgan fingerprint density at radius 3 is 2.52 bits per heavy atom. The van der Waals surface area contributed by atoms with E-state index in [-0.39, 0.29) is 5.56 Å². The van der Waals surface area contributed by atoms with Crippen molar-refractivity contribution in [3.63, 3.8) is 0 Å². The maximum absolute atomic E-state index is 12.7. The Labute approximate surface area is 184 Å². The van der Waals surface area contributed by atoms with E-state index < -0.39 is 0 Å². The minimum absolute atomic E-state index is 0.183. The standard InChI is InChI=1S/C23H24N4O3S/c1-4-26(14-16-9-11-18(29-2)12-10-16)15-17-13-21(28)27-23(24-17)31-22(25-27)19-7-5-6-8-20(19)30-3/h5-13H,4,14-15H2,1-3H3. The molecule has 0 saturated carbocycles. The number of ether oxygens (including phenoxy) is 2. The molecule has 0 N–H and O–H groups in total. The summed E-state index contributed by atoms with van der Waals surface area (Å²) in [6.45, 7) is 4.27. The molecule has 0 fully saturated rings. The molecular formula is C23H24N4O3S. The Morgan fingerprint density at radius 2 is 1.81 bits per heavy atom. The second kappa shape index (κ2) is 9.28. The molecular weight excluding hydrogens is 412 g/mol. The zero-order chi connectivity index (χ0) is 21.8. The number of hydrogen-bond donors (Lipinski definition) is 0. The van der Waals surface area contributed by atoms with Crippen LogP contribution in [-0.2, 0) is 13.1 Å². The molecule has 4 rings (SSSR count). The Balaban J connectivity index is 1.59. The maximum Gasteiger partial charge on any atom is 0.275 e. The first-order chi connectivity index (χ1) is 15.1. The van der Waals surface area contributed by atoms with Gasteiger partial charge in [0.1, 0.15) is 11.5 Å². The van der Waals surface area contributed by atoms with Crippen molar-refractivity contribution in [3.8, 4) is 22.1 Å². The second-order valence-electron chi connectivity index (χ2n) is 7.04. The molecule has 0 spiro atoms. The number of methoxy groups -OCH3 is 2. The largest absolute Gasteiger partial charge is 0.497 e. The average Bonchev–Trinajstić information content (AvgIpc) is 3.23. The summed E-state index contributed by atoms with van der Waals surface area (Å²) in [6, 6.07) is 17.2. The molecule has 0 saturated heterocycles. The zero-order valence-corrected chi connectivity index (χ0v) is 18.6. The molecule has 0 aliphatic rings. The van der Waals surface area contributed by atoms with Crippen LogP contribution in [0.5, 0.6) is 11.5 Å². The normalized spacial score (nSPS) is 11.2. The average molecular weight is 437 g/mol. The van der Waals surface area contributed by atoms with Crippen molar-refractivity contribution in [1.29, 1.82) is 0 Å². The van der Waals surface area contributed by atoms with Crippen LogP contribution < -0.4 is 15.0 Å². The Morgan fingerprint density at radius 1 is 1.03 bits per heavy atom. The van der Waals surface area contributed by atoms with Crippen molar-refractivity contribution in [2.45, 2.75) is 20.0 Å². The van der Waals surface area contributed by atoms with Gasteiger partial charge in [0.2, 0.25) is 4.96 Å². The number of fused-ring (bicyclic) bond motifs is 1. The summed E-state index contributed by atoms with van der Waals surface area (Å²) in [4.78, 5) is 20.2. The van der Waals surface area contributed by atoms with Gasteiger partial charge in [0.15, 0.2) is 5.01 Å². The van der Waals surface area contributed by atoms with E-state index in [0.29, 0.717) is 22.3 Å². The molecule has 160 valence electrons. The number of nitrogens with zero attached hydrogens (tertiary/aromatic N) is 4. The number of para-hydroxylation sites is 1. The van der Waals surface area contributed by atoms with Crippen LogP contribution in [-0.4, -0.2) is 40.3 Å². The first kappa shape index (κ1) is 21.0. The summed E-state index contributed by atoms with van der Waals surface area (Å²) in [5.74, 6) is 1.55. The van der Waals surface area contributed by atoms with E-state index in [2.05, 4.69) is 29.1 Å². The van der Waals surface area contributed by atoms with E-state index in [1.807, 2.05) is 36.4 Å². The van der Waals surface area contributed by atoms with E-state index in [1.54, 1.807) is 20.3 Å². The lowest BCUT2D eigenvalue weighted by Crippen LogP contribution is -2.25. The van der Waals surface area contributed by atoms with Crippen LogP contribution in [0.25, 0.3) is 15.5 Å². The number of rotatable bonds is 8. The van der Waals surface area contributed by atoms with Crippen LogP contribution in [0.15, 0.2) is 59.4 Å². The van der Waals surface area contributed by atoms with Gasteiger partial charge in [-0.2, -0.15) is 9.61 Å². The van der Waals surface area contributed by atoms with Crippen molar-refractivity contribution in [1.82, 2.24) is 19.5 Å². The van der Waals surface area contributed by atoms with Crippen LogP contribution in [0.1, 0.15) is 18.2 Å². The Hall–Kier alpha value is -3.23. The molecule has 0 atom stereocenters. The third-order valence-electron chi connectivity index (χ3n) is 5.03. The molecule has 2 aromatic heterocycles. The zero-order valence-electron chi connectivity index (χ0n) is 17.7. The molecule has 0 aliphatic heterocycles. The van der Waals surface area contributed by atoms with E-state index in [1.165, 1.54) is 21.4 Å². The summed E-state index contributed by atoms with van der Waals surface area (Å²) in [5, 5.41) is 5.17. The van der Waals surface area contributed by atoms with Gasteiger partial charge in [0.25, 0.3) is 5.56 Å². The van der Waals surface area contributed by atoms with Crippen LogP contribution in [0, 0.1) is 0 Å². The van der Waals surface area contributed by atoms with Crippen molar-refractivity contribution < 1.29 is 9.47 Å². The van der Waals surface area contributed by atoms with Crippen molar-refractivity contribution in [2.24, 2.45) is 0 Å². The fraction of sp³-hybridized carbons (Fsp3) is 0.261. The molecule has 4 aromatic rings. The van der Waals surface area contributed by atoms with Gasteiger partial charge < -0.3 is 9.47 Å². The maximum atomic E-state index is 12.7. The van der Waals surface area contributed by atoms with Crippen LogP contribution in [0.3, 0.4) is 0 Å². The molecule has 0 radical (unpaired) electrons. The summed E-state index contributed by atoms with van der Waals surface area (Å²) >= 11 is 1.38. The number of aromatic nitrogens is 3. The van der Waals surface area contributed by atoms with Crippen molar-refractivity contribution in [2.75, 3.05) is 20.8 Å². The Kier molecular flexibility index (Phi) is 6.29. The van der Waals surface area contributed by atoms with Gasteiger partial charge in [0, 0.05) is 19.2 Å². The lowest BCUT2D eigenvalue weighted by Gasteiger charge is -2.20. The minimum Gasteiger partial charge on any atom is -0.497 e. The quantitative estimate of drug-likeness (QED) is 0.418. The highest BCUT2D eigenvalue weighted by molar-refractivity contribution is 7.19. The second-order valence-corrected chi connectivity index (χ2v) is 7.99. The van der Waals surface area contributed by atoms with Crippen LogP contribution in [0.4, 0.5) is 0 Å². The monoisotopic (exact) mass is 436 g/mol. The number of hydrogen-bond acceptors (Lipinski definition) is 7. The van der Waals surface area contributed by atoms with E-state index in [9.17, 15) is 4.79 Å². The van der Waals surface area contributed by atoms with Gasteiger partial charge in [-0.05, 0) is 36.4 Å². The highest BCUT2D eigenvalue weighted by atomic mass is 32.1. The summed E-state index contributed by atoms with van der Waals surface area (Å²) < 4.78 is 12.0. The van der Waals surface area contributed by atoms with Gasteiger partial charge in [-0.1, -0.05) is 42.5 Å². The summed E-state index contributed by atoms with van der Waals surface area (Å²) in [5.41, 5.74) is 2.57. The van der Waals surface area contributed by atoms with Gasteiger partial charge in [0.05, 0.1) is 25.5 Å². The minimum atomic E-state index is -0.183. The molecule has 8 heteroatoms. The summed E-state index contributed by atoms with van der Waals surface area (Å²) in [6.07, 6.45) is 0. The van der Waals surface area contributed by atoms with Gasteiger partial charge in [-0.15, -0.1) is 0 Å². The SMILES string of the molecule is CCN(Cc1ccc(OC)cc1)Cc1cc(=O)n2nc(-c3ccccc3OC)sc2n1. The third kappa shape index (κ3) is 4.60. The molecule has 0 aliphatic carbocycles. The third-order valence-corrected chi connectivity index (χ3v) is 5.98. The fourth-order valence-corrected chi connectivity index (χ4v) is 4.32. The predicted octanol–water partition coefficient (Wildman–Crippen LogP) is 3.86. The van der Waals surface area contributed by atoms with E-state index in [4.69, 9.17) is 14.5 Å². The molecule has 0 bridgehead atoms. The smallest absolute Gasteiger partial charge is 0.275 e. The first-order valence-corrected chi connectivity index (χ1v) is 10.8. The molecule has 2 aromatic carbocycles. The molecule has 7 nitrogen and oxygen atoms in total. The lowest BCUT2D eigenvalue weighted by molar-refractivity contribution is 0.268. The van der Waals surface area contributed by atoms with Crippen molar-refractivity contribution in [3.05, 3.63) is 76.2 Å². The number of benzene rings is 2. The Bertz CT molecular complexity index is 1230. The first-order valence-electron chi connectivity index (χ1n) is 9.99. The van der Waals surface area contributed by atoms with E-state index >= 15 is 0 Å². The topological polar surface area (TPSA) is 69.0 Å². The fourth-order valence-electron chi connectivity index (χ4n) is 3.37. The van der Waals surface area contributed by atoms with Crippen LogP contribution >= 0.6 is 11.3 Å². The van der Waals surface area contributed by atoms with Crippen molar-refractivity contribution >= 4 is 16.3 Å². The lowest BCUT2D eigenvalue weighted by atomic mass is 10.2. The molecule has 0 amide bonds. The highest BCUT2D eigenvalue weighted by Crippen LogP contribution is 2.32. The molecule has 0 unspecified atom stereocenters. The highest BCUT2D eigenvalue weighted by Gasteiger charge is 2.15. The molecule has 2 heterocycles. The summed E-state index contributed by atoms with van der Waals surface area (Å²) in [7, 11) is 3.28.